The van der Waals surface area contributed by atoms with Crippen molar-refractivity contribution in [2.45, 2.75) is 63.3 Å². The van der Waals surface area contributed by atoms with Gasteiger partial charge in [0.15, 0.2) is 0 Å². The smallest absolute Gasteiger partial charge is 0.453 e. The Labute approximate surface area is 125 Å². The molecule has 0 bridgehead atoms. The van der Waals surface area contributed by atoms with E-state index in [1.54, 1.807) is 6.92 Å². The predicted molar refractivity (Wildman–Crippen MR) is 72.6 cm³/mol. The molecule has 0 aromatic heterocycles. The Morgan fingerprint density at radius 2 is 1.76 bits per heavy atom. The van der Waals surface area contributed by atoms with Gasteiger partial charge >= 0.3 is 18.1 Å². The largest absolute Gasteiger partial charge is 0.465 e. The van der Waals surface area contributed by atoms with Crippen LogP contribution in [0.25, 0.3) is 0 Å². The molecule has 0 rings (SSSR count). The molecule has 0 N–H and O–H groups in total. The fraction of sp³-hybridized carbons (Fsp3) is 0.923. The van der Waals surface area contributed by atoms with Gasteiger partial charge in [0, 0.05) is 6.42 Å². The van der Waals surface area contributed by atoms with Gasteiger partial charge in [-0.15, -0.1) is 11.8 Å². The van der Waals surface area contributed by atoms with E-state index in [1.807, 2.05) is 6.92 Å². The zero-order chi connectivity index (χ0) is 16.5. The number of thioether (sulfide) groups is 1. The lowest BCUT2D eigenvalue weighted by Crippen LogP contribution is -2.36. The van der Waals surface area contributed by atoms with Crippen LogP contribution < -0.4 is 0 Å². The second kappa shape index (κ2) is 9.48. The van der Waals surface area contributed by atoms with Crippen LogP contribution in [-0.4, -0.2) is 35.7 Å². The third kappa shape index (κ3) is 7.87. The molecule has 2 nitrogen and oxygen atoms in total. The van der Waals surface area contributed by atoms with E-state index in [0.29, 0.717) is 12.2 Å². The number of unbranched alkanes of at least 4 members (excludes halogenated alkanes) is 1. The maximum absolute atomic E-state index is 12.7. The van der Waals surface area contributed by atoms with Gasteiger partial charge < -0.3 is 4.74 Å². The fourth-order valence-electron chi connectivity index (χ4n) is 1.58. The minimum atomic E-state index is -5.49. The van der Waals surface area contributed by atoms with Crippen LogP contribution in [0.5, 0.6) is 0 Å². The highest BCUT2D eigenvalue weighted by Gasteiger charge is 2.56. The second-order valence-electron chi connectivity index (χ2n) is 4.56. The zero-order valence-electron chi connectivity index (χ0n) is 12.1. The Bertz CT molecular complexity index is 307. The lowest BCUT2D eigenvalue weighted by Gasteiger charge is -2.19. The number of halogens is 5. The minimum absolute atomic E-state index is 0.204. The van der Waals surface area contributed by atoms with E-state index in [-0.39, 0.29) is 30.7 Å². The summed E-state index contributed by atoms with van der Waals surface area (Å²) in [7, 11) is 0. The summed E-state index contributed by atoms with van der Waals surface area (Å²) in [6.07, 6.45) is -5.37. The molecule has 0 saturated heterocycles. The first-order chi connectivity index (χ1) is 9.65. The number of rotatable bonds is 10. The number of ether oxygens (including phenoxy) is 1. The molecule has 0 aliphatic carbocycles. The maximum Gasteiger partial charge on any atom is 0.453 e. The summed E-state index contributed by atoms with van der Waals surface area (Å²) in [5.74, 6) is -4.64. The average Bonchev–Trinajstić information content (AvgIpc) is 2.35. The van der Waals surface area contributed by atoms with E-state index in [2.05, 4.69) is 0 Å². The van der Waals surface area contributed by atoms with Gasteiger partial charge in [0.1, 0.15) is 5.25 Å². The van der Waals surface area contributed by atoms with Gasteiger partial charge in [-0.2, -0.15) is 22.0 Å². The van der Waals surface area contributed by atoms with E-state index in [1.165, 1.54) is 11.8 Å². The third-order valence-corrected chi connectivity index (χ3v) is 4.07. The zero-order valence-corrected chi connectivity index (χ0v) is 13.0. The Balaban J connectivity index is 4.04. The number of carbonyl (C=O) groups is 1. The quantitative estimate of drug-likeness (QED) is 0.325. The Morgan fingerprint density at radius 3 is 2.24 bits per heavy atom. The van der Waals surface area contributed by atoms with Gasteiger partial charge in [0.2, 0.25) is 0 Å². The SMILES string of the molecule is CCCC(SCCCCC(F)(F)C(F)(F)F)C(=O)OCC. The molecular weight excluding hydrogens is 315 g/mol. The molecule has 0 amide bonds. The van der Waals surface area contributed by atoms with Crippen molar-refractivity contribution in [2.75, 3.05) is 12.4 Å². The summed E-state index contributed by atoms with van der Waals surface area (Å²) in [6.45, 7) is 3.85. The standard InChI is InChI=1S/C13H21F5O2S/c1-3-7-10(11(19)20-4-2)21-9-6-5-8-12(14,15)13(16,17)18/h10H,3-9H2,1-2H3. The van der Waals surface area contributed by atoms with E-state index < -0.39 is 18.5 Å². The van der Waals surface area contributed by atoms with Gasteiger partial charge in [-0.25, -0.2) is 0 Å². The summed E-state index contributed by atoms with van der Waals surface area (Å²) in [4.78, 5) is 11.6. The summed E-state index contributed by atoms with van der Waals surface area (Å²) in [6, 6.07) is 0. The van der Waals surface area contributed by atoms with E-state index in [9.17, 15) is 26.7 Å². The maximum atomic E-state index is 12.7. The number of hydrogen-bond acceptors (Lipinski definition) is 3. The van der Waals surface area contributed by atoms with E-state index >= 15 is 0 Å². The van der Waals surface area contributed by atoms with Crippen molar-refractivity contribution in [1.82, 2.24) is 0 Å². The van der Waals surface area contributed by atoms with Crippen molar-refractivity contribution in [3.05, 3.63) is 0 Å². The Hall–Kier alpha value is -0.530. The summed E-state index contributed by atoms with van der Waals surface area (Å²) in [5, 5.41) is -0.377. The van der Waals surface area contributed by atoms with Crippen molar-refractivity contribution in [3.63, 3.8) is 0 Å². The molecule has 0 radical (unpaired) electrons. The van der Waals surface area contributed by atoms with Crippen LogP contribution in [-0.2, 0) is 9.53 Å². The molecule has 0 saturated carbocycles. The van der Waals surface area contributed by atoms with Crippen molar-refractivity contribution >= 4 is 17.7 Å². The number of carbonyl (C=O) groups excluding carboxylic acids is 1. The number of esters is 1. The second-order valence-corrected chi connectivity index (χ2v) is 5.87. The molecule has 0 heterocycles. The Kier molecular flexibility index (Phi) is 9.24. The van der Waals surface area contributed by atoms with Gasteiger partial charge in [-0.05, 0) is 31.9 Å². The lowest BCUT2D eigenvalue weighted by molar-refractivity contribution is -0.284. The first kappa shape index (κ1) is 20.5. The molecule has 0 fully saturated rings. The highest BCUT2D eigenvalue weighted by atomic mass is 32.2. The molecule has 8 heteroatoms. The van der Waals surface area contributed by atoms with Crippen LogP contribution in [0.3, 0.4) is 0 Å². The minimum Gasteiger partial charge on any atom is -0.465 e. The van der Waals surface area contributed by atoms with Crippen molar-refractivity contribution in [3.8, 4) is 0 Å². The van der Waals surface area contributed by atoms with Crippen LogP contribution in [0.15, 0.2) is 0 Å². The van der Waals surface area contributed by atoms with Crippen LogP contribution in [0.2, 0.25) is 0 Å². The normalized spacial score (nSPS) is 14.0. The number of alkyl halides is 5. The van der Waals surface area contributed by atoms with Gasteiger partial charge in [-0.3, -0.25) is 4.79 Å². The predicted octanol–water partition coefficient (Wildman–Crippen LogP) is 4.82. The van der Waals surface area contributed by atoms with Crippen LogP contribution in [0.4, 0.5) is 22.0 Å². The molecular formula is C13H21F5O2S. The monoisotopic (exact) mass is 336 g/mol. The van der Waals surface area contributed by atoms with E-state index in [4.69, 9.17) is 4.74 Å². The summed E-state index contributed by atoms with van der Waals surface area (Å²) >= 11 is 1.25. The van der Waals surface area contributed by atoms with Crippen molar-refractivity contribution in [1.29, 1.82) is 0 Å². The molecule has 0 aliphatic heterocycles. The first-order valence-corrected chi connectivity index (χ1v) is 7.93. The summed E-state index contributed by atoms with van der Waals surface area (Å²) in [5.41, 5.74) is 0. The highest BCUT2D eigenvalue weighted by molar-refractivity contribution is 8.00. The van der Waals surface area contributed by atoms with Crippen molar-refractivity contribution < 1.29 is 31.5 Å². The number of hydrogen-bond donors (Lipinski definition) is 0. The first-order valence-electron chi connectivity index (χ1n) is 6.88. The van der Waals surface area contributed by atoms with Crippen LogP contribution in [0, 0.1) is 0 Å². The third-order valence-electron chi connectivity index (χ3n) is 2.72. The molecule has 126 valence electrons. The van der Waals surface area contributed by atoms with Crippen molar-refractivity contribution in [2.24, 2.45) is 0 Å². The summed E-state index contributed by atoms with van der Waals surface area (Å²) < 4.78 is 66.0. The van der Waals surface area contributed by atoms with Crippen LogP contribution in [0.1, 0.15) is 46.0 Å². The molecule has 0 aromatic rings. The molecule has 21 heavy (non-hydrogen) atoms. The fourth-order valence-corrected chi connectivity index (χ4v) is 2.84. The molecule has 0 aromatic carbocycles. The molecule has 0 aliphatic rings. The van der Waals surface area contributed by atoms with Gasteiger partial charge in [-0.1, -0.05) is 13.3 Å². The van der Waals surface area contributed by atoms with Gasteiger partial charge in [0.05, 0.1) is 6.61 Å². The Morgan fingerprint density at radius 1 is 1.14 bits per heavy atom. The molecule has 1 atom stereocenters. The average molecular weight is 336 g/mol. The van der Waals surface area contributed by atoms with Crippen LogP contribution >= 0.6 is 11.8 Å². The molecule has 1 unspecified atom stereocenters. The van der Waals surface area contributed by atoms with Gasteiger partial charge in [0.25, 0.3) is 0 Å². The van der Waals surface area contributed by atoms with E-state index in [0.717, 1.165) is 6.42 Å². The highest BCUT2D eigenvalue weighted by Crippen LogP contribution is 2.39. The molecule has 0 spiro atoms. The lowest BCUT2D eigenvalue weighted by atomic mass is 10.1. The topological polar surface area (TPSA) is 26.3 Å².